The Morgan fingerprint density at radius 1 is 1.38 bits per heavy atom. The van der Waals surface area contributed by atoms with Crippen molar-refractivity contribution in [1.29, 1.82) is 0 Å². The summed E-state index contributed by atoms with van der Waals surface area (Å²) in [7, 11) is -0.923. The quantitative estimate of drug-likeness (QED) is 0.725. The average Bonchev–Trinajstić information content (AvgIpc) is 3.23. The summed E-state index contributed by atoms with van der Waals surface area (Å²) in [5.41, 5.74) is 1.37. The highest BCUT2D eigenvalue weighted by atomic mass is 28.3. The molecular formula is C20H27FN3O4Si. The van der Waals surface area contributed by atoms with Crippen LogP contribution in [0.5, 0.6) is 0 Å². The minimum absolute atomic E-state index is 0.185. The third-order valence-corrected chi connectivity index (χ3v) is 5.34. The van der Waals surface area contributed by atoms with Gasteiger partial charge in [-0.05, 0) is 31.3 Å². The maximum Gasteiger partial charge on any atom is 0.414 e. The molecule has 1 saturated heterocycles. The van der Waals surface area contributed by atoms with E-state index in [-0.39, 0.29) is 18.6 Å². The number of hydrogen-bond acceptors (Lipinski definition) is 5. The van der Waals surface area contributed by atoms with Crippen molar-refractivity contribution in [2.75, 3.05) is 18.1 Å². The highest BCUT2D eigenvalue weighted by Crippen LogP contribution is 2.28. The van der Waals surface area contributed by atoms with Gasteiger partial charge in [-0.1, -0.05) is 20.8 Å². The number of cyclic esters (lactones) is 1. The van der Waals surface area contributed by atoms with Gasteiger partial charge in [-0.25, -0.2) is 14.2 Å². The number of anilines is 1. The first-order valence-corrected chi connectivity index (χ1v) is 11.9. The van der Waals surface area contributed by atoms with Gasteiger partial charge in [0.1, 0.15) is 17.7 Å². The molecule has 2 heterocycles. The minimum atomic E-state index is -0.923. The van der Waals surface area contributed by atoms with Crippen molar-refractivity contribution in [2.24, 2.45) is 0 Å². The number of carbonyl (C=O) groups excluding carboxylic acids is 1. The van der Waals surface area contributed by atoms with Crippen molar-refractivity contribution >= 4 is 20.8 Å². The van der Waals surface area contributed by atoms with Crippen LogP contribution in [0.15, 0.2) is 24.4 Å². The molecule has 0 aliphatic carbocycles. The smallest absolute Gasteiger partial charge is 0.414 e. The van der Waals surface area contributed by atoms with Gasteiger partial charge < -0.3 is 14.3 Å². The summed E-state index contributed by atoms with van der Waals surface area (Å²) >= 11 is 0. The lowest BCUT2D eigenvalue weighted by Crippen LogP contribution is -2.25. The summed E-state index contributed by atoms with van der Waals surface area (Å²) in [6.07, 6.45) is 0.639. The van der Waals surface area contributed by atoms with Crippen molar-refractivity contribution in [2.45, 2.75) is 52.0 Å². The number of carbonyl (C=O) groups is 1. The number of aliphatic hydroxyl groups is 1. The van der Waals surface area contributed by atoms with E-state index < -0.39 is 27.1 Å². The van der Waals surface area contributed by atoms with E-state index in [0.29, 0.717) is 23.8 Å². The van der Waals surface area contributed by atoms with Crippen LogP contribution in [0.2, 0.25) is 13.1 Å². The van der Waals surface area contributed by atoms with Crippen molar-refractivity contribution in [1.82, 2.24) is 9.55 Å². The summed E-state index contributed by atoms with van der Waals surface area (Å²) in [4.78, 5) is 18.0. The van der Waals surface area contributed by atoms with E-state index >= 15 is 4.39 Å². The standard InChI is InChI=1S/C20H27FN3O4Si/c1-20(2,3)17-10-24(18(22-17)12-27-29(4)5)16-7-6-13(8-15(16)21)23-9-14(11-25)28-19(23)26/h6-8,10,14,25H,9,11-12H2,1-5H3/t14-/m1/s1. The van der Waals surface area contributed by atoms with Crippen LogP contribution in [-0.4, -0.2) is 49.0 Å². The lowest BCUT2D eigenvalue weighted by atomic mass is 9.93. The summed E-state index contributed by atoms with van der Waals surface area (Å²) in [6.45, 7) is 10.4. The van der Waals surface area contributed by atoms with Gasteiger partial charge >= 0.3 is 6.09 Å². The first-order chi connectivity index (χ1) is 13.6. The molecule has 1 aromatic carbocycles. The Hall–Kier alpha value is -2.23. The molecule has 9 heteroatoms. The van der Waals surface area contributed by atoms with E-state index in [2.05, 4.69) is 25.8 Å². The zero-order valence-corrected chi connectivity index (χ0v) is 18.4. The molecule has 1 aliphatic rings. The predicted octanol–water partition coefficient (Wildman–Crippen LogP) is 3.39. The highest BCUT2D eigenvalue weighted by Gasteiger charge is 2.32. The summed E-state index contributed by atoms with van der Waals surface area (Å²) in [6, 6.07) is 4.58. The minimum Gasteiger partial charge on any atom is -0.441 e. The molecule has 1 atom stereocenters. The molecule has 1 amide bonds. The van der Waals surface area contributed by atoms with Crippen LogP contribution in [-0.2, 0) is 21.2 Å². The Morgan fingerprint density at radius 3 is 2.66 bits per heavy atom. The summed E-state index contributed by atoms with van der Waals surface area (Å²) in [5, 5.41) is 9.19. The number of aliphatic hydroxyl groups excluding tert-OH is 1. The Kier molecular flexibility index (Phi) is 6.11. The van der Waals surface area contributed by atoms with Crippen molar-refractivity contribution in [3.63, 3.8) is 0 Å². The highest BCUT2D eigenvalue weighted by molar-refractivity contribution is 6.48. The number of nitrogens with zero attached hydrogens (tertiary/aromatic N) is 3. The summed E-state index contributed by atoms with van der Waals surface area (Å²) < 4.78 is 27.6. The molecule has 0 bridgehead atoms. The van der Waals surface area contributed by atoms with Crippen molar-refractivity contribution in [3.8, 4) is 5.69 Å². The number of hydrogen-bond donors (Lipinski definition) is 1. The Balaban J connectivity index is 1.96. The van der Waals surface area contributed by atoms with Crippen molar-refractivity contribution < 1.29 is 23.5 Å². The maximum atomic E-state index is 15.1. The van der Waals surface area contributed by atoms with Gasteiger partial charge in [0.15, 0.2) is 0 Å². The van der Waals surface area contributed by atoms with E-state index in [1.54, 1.807) is 16.7 Å². The Bertz CT molecular complexity index is 894. The number of ether oxygens (including phenoxy) is 1. The molecule has 29 heavy (non-hydrogen) atoms. The van der Waals surface area contributed by atoms with E-state index in [1.165, 1.54) is 11.0 Å². The molecular weight excluding hydrogens is 393 g/mol. The van der Waals surface area contributed by atoms with Gasteiger partial charge in [-0.2, -0.15) is 0 Å². The van der Waals surface area contributed by atoms with Crippen LogP contribution in [0.4, 0.5) is 14.9 Å². The van der Waals surface area contributed by atoms with Crippen LogP contribution >= 0.6 is 0 Å². The Labute approximate surface area is 171 Å². The maximum absolute atomic E-state index is 15.1. The summed E-state index contributed by atoms with van der Waals surface area (Å²) in [5.74, 6) is 0.147. The second kappa shape index (κ2) is 8.25. The number of amides is 1. The number of benzene rings is 1. The topological polar surface area (TPSA) is 76.8 Å². The van der Waals surface area contributed by atoms with Gasteiger partial charge in [0.2, 0.25) is 9.04 Å². The third-order valence-electron chi connectivity index (χ3n) is 4.62. The fourth-order valence-corrected chi connectivity index (χ4v) is 3.40. The van der Waals surface area contributed by atoms with E-state index in [9.17, 15) is 9.90 Å². The molecule has 0 saturated carbocycles. The number of halogens is 1. The van der Waals surface area contributed by atoms with Crippen LogP contribution in [0.3, 0.4) is 0 Å². The molecule has 7 nitrogen and oxygen atoms in total. The lowest BCUT2D eigenvalue weighted by molar-refractivity contribution is 0.0963. The largest absolute Gasteiger partial charge is 0.441 e. The zero-order chi connectivity index (χ0) is 21.3. The molecule has 1 aromatic heterocycles. The SMILES string of the molecule is C[Si](C)OCc1nc(C(C)(C)C)cn1-c1ccc(N2C[C@H](CO)OC2=O)cc1F. The molecule has 1 N–H and O–H groups in total. The second-order valence-electron chi connectivity index (χ2n) is 8.29. The number of rotatable bonds is 6. The molecule has 0 spiro atoms. The third kappa shape index (κ3) is 4.68. The van der Waals surface area contributed by atoms with E-state index in [0.717, 1.165) is 5.69 Å². The molecule has 0 unspecified atom stereocenters. The monoisotopic (exact) mass is 420 g/mol. The number of imidazole rings is 1. The first kappa shape index (κ1) is 21.5. The molecule has 157 valence electrons. The lowest BCUT2D eigenvalue weighted by Gasteiger charge is -2.16. The first-order valence-electron chi connectivity index (χ1n) is 9.50. The fourth-order valence-electron chi connectivity index (χ4n) is 2.99. The Morgan fingerprint density at radius 2 is 2.10 bits per heavy atom. The van der Waals surface area contributed by atoms with E-state index in [1.807, 2.05) is 19.3 Å². The van der Waals surface area contributed by atoms with Gasteiger partial charge in [-0.3, -0.25) is 9.47 Å². The fraction of sp³-hybridized carbons (Fsp3) is 0.500. The molecule has 1 fully saturated rings. The van der Waals surface area contributed by atoms with Gasteiger partial charge in [-0.15, -0.1) is 0 Å². The molecule has 2 aromatic rings. The predicted molar refractivity (Wildman–Crippen MR) is 109 cm³/mol. The number of aromatic nitrogens is 2. The van der Waals surface area contributed by atoms with Crippen LogP contribution in [0.25, 0.3) is 5.69 Å². The molecule has 3 rings (SSSR count). The average molecular weight is 421 g/mol. The van der Waals surface area contributed by atoms with Crippen LogP contribution in [0.1, 0.15) is 32.3 Å². The van der Waals surface area contributed by atoms with Gasteiger partial charge in [0.05, 0.1) is 36.8 Å². The zero-order valence-electron chi connectivity index (χ0n) is 17.4. The molecule has 1 aliphatic heterocycles. The van der Waals surface area contributed by atoms with Crippen LogP contribution < -0.4 is 4.90 Å². The normalized spacial score (nSPS) is 17.3. The molecule has 1 radical (unpaired) electrons. The van der Waals surface area contributed by atoms with Gasteiger partial charge in [0.25, 0.3) is 0 Å². The van der Waals surface area contributed by atoms with Gasteiger partial charge in [0, 0.05) is 11.6 Å². The van der Waals surface area contributed by atoms with Crippen molar-refractivity contribution in [3.05, 3.63) is 41.7 Å². The van der Waals surface area contributed by atoms with E-state index in [4.69, 9.17) is 9.16 Å². The van der Waals surface area contributed by atoms with Crippen LogP contribution in [0, 0.1) is 5.82 Å². The second-order valence-corrected chi connectivity index (χ2v) is 10.4.